The van der Waals surface area contributed by atoms with E-state index in [2.05, 4.69) is 15.4 Å². The van der Waals surface area contributed by atoms with E-state index >= 15 is 0 Å². The Morgan fingerprint density at radius 2 is 1.82 bits per heavy atom. The molecule has 0 unspecified atom stereocenters. The lowest BCUT2D eigenvalue weighted by Crippen LogP contribution is -2.41. The van der Waals surface area contributed by atoms with Crippen LogP contribution in [0.2, 0.25) is 0 Å². The number of nitrogens with zero attached hydrogens (tertiary/aromatic N) is 4. The molecule has 0 saturated carbocycles. The van der Waals surface area contributed by atoms with E-state index < -0.39 is 32.6 Å². The van der Waals surface area contributed by atoms with Crippen molar-refractivity contribution in [2.45, 2.75) is 30.5 Å². The van der Waals surface area contributed by atoms with Gasteiger partial charge in [-0.05, 0) is 42.7 Å². The van der Waals surface area contributed by atoms with Gasteiger partial charge in [-0.25, -0.2) is 18.1 Å². The second-order valence-corrected chi connectivity index (χ2v) is 9.88. The quantitative estimate of drug-likeness (QED) is 0.568. The number of carbonyl (C=O) groups excluding carboxylic acids is 1. The van der Waals surface area contributed by atoms with Crippen LogP contribution in [-0.2, 0) is 27.5 Å². The van der Waals surface area contributed by atoms with Gasteiger partial charge in [0.15, 0.2) is 0 Å². The summed E-state index contributed by atoms with van der Waals surface area (Å²) >= 11 is 0. The third-order valence-corrected chi connectivity index (χ3v) is 7.59. The van der Waals surface area contributed by atoms with Crippen molar-refractivity contribution in [3.8, 4) is 0 Å². The van der Waals surface area contributed by atoms with E-state index in [-0.39, 0.29) is 31.8 Å². The highest BCUT2D eigenvalue weighted by Crippen LogP contribution is 2.32. The Balaban J connectivity index is 1.40. The Bertz CT molecular complexity index is 1250. The second kappa shape index (κ2) is 9.55. The summed E-state index contributed by atoms with van der Waals surface area (Å²) < 4.78 is 67.5. The maximum atomic E-state index is 13.0. The molecule has 1 amide bonds. The van der Waals surface area contributed by atoms with Crippen molar-refractivity contribution in [2.24, 2.45) is 5.92 Å². The fourth-order valence-corrected chi connectivity index (χ4v) is 5.36. The molecule has 1 fully saturated rings. The molecule has 3 aromatic rings. The minimum atomic E-state index is -4.64. The first-order valence-corrected chi connectivity index (χ1v) is 12.0. The lowest BCUT2D eigenvalue weighted by Gasteiger charge is -2.30. The minimum absolute atomic E-state index is 0.0390. The Hall–Kier alpha value is -3.25. The van der Waals surface area contributed by atoms with E-state index in [0.29, 0.717) is 18.3 Å². The third-order valence-electron chi connectivity index (χ3n) is 5.70. The smallest absolute Gasteiger partial charge is 0.326 e. The van der Waals surface area contributed by atoms with Crippen LogP contribution in [0.3, 0.4) is 0 Å². The van der Waals surface area contributed by atoms with E-state index in [1.165, 1.54) is 6.33 Å². The Morgan fingerprint density at radius 1 is 1.09 bits per heavy atom. The number of aromatic nitrogens is 3. The molecule has 1 saturated heterocycles. The van der Waals surface area contributed by atoms with E-state index in [1.807, 2.05) is 12.1 Å². The predicted molar refractivity (Wildman–Crippen MR) is 117 cm³/mol. The van der Waals surface area contributed by atoms with Crippen LogP contribution in [0.5, 0.6) is 0 Å². The number of amides is 1. The van der Waals surface area contributed by atoms with Crippen molar-refractivity contribution in [3.63, 3.8) is 0 Å². The van der Waals surface area contributed by atoms with Crippen LogP contribution >= 0.6 is 0 Å². The maximum absolute atomic E-state index is 13.0. The fourth-order valence-electron chi connectivity index (χ4n) is 3.84. The lowest BCUT2D eigenvalue weighted by molar-refractivity contribution is -0.137. The molecule has 0 spiro atoms. The summed E-state index contributed by atoms with van der Waals surface area (Å²) in [5, 5.41) is 6.97. The van der Waals surface area contributed by atoms with Crippen molar-refractivity contribution in [1.82, 2.24) is 19.1 Å². The third kappa shape index (κ3) is 5.28. The predicted octanol–water partition coefficient (Wildman–Crippen LogP) is 3.38. The highest BCUT2D eigenvalue weighted by molar-refractivity contribution is 7.89. The number of piperidine rings is 1. The van der Waals surface area contributed by atoms with Crippen LogP contribution in [-0.4, -0.2) is 46.5 Å². The van der Waals surface area contributed by atoms with E-state index in [1.54, 1.807) is 23.1 Å². The van der Waals surface area contributed by atoms with Crippen molar-refractivity contribution in [3.05, 3.63) is 72.3 Å². The van der Waals surface area contributed by atoms with Gasteiger partial charge in [0.2, 0.25) is 15.9 Å². The molecule has 4 rings (SSSR count). The number of carbonyl (C=O) groups is 1. The topological polar surface area (TPSA) is 97.2 Å². The normalized spacial score (nSPS) is 15.9. The largest absolute Gasteiger partial charge is 0.416 e. The molecular formula is C22H22F3N5O3S. The Kier molecular flexibility index (Phi) is 6.71. The molecule has 0 atom stereocenters. The molecule has 2 heterocycles. The number of hydrogen-bond donors (Lipinski definition) is 1. The maximum Gasteiger partial charge on any atom is 0.416 e. The molecule has 1 aliphatic rings. The average Bonchev–Trinajstić information content (AvgIpc) is 3.33. The van der Waals surface area contributed by atoms with Gasteiger partial charge in [-0.3, -0.25) is 4.79 Å². The number of hydrogen-bond acceptors (Lipinski definition) is 5. The van der Waals surface area contributed by atoms with Crippen LogP contribution in [0, 0.1) is 5.92 Å². The summed E-state index contributed by atoms with van der Waals surface area (Å²) in [4.78, 5) is 16.4. The molecule has 1 N–H and O–H groups in total. The number of para-hydroxylation sites is 1. The minimum Gasteiger partial charge on any atom is -0.326 e. The van der Waals surface area contributed by atoms with E-state index in [9.17, 15) is 26.4 Å². The van der Waals surface area contributed by atoms with Crippen LogP contribution in [0.1, 0.15) is 24.0 Å². The summed E-state index contributed by atoms with van der Waals surface area (Å²) in [5.74, 6) is -0.658. The lowest BCUT2D eigenvalue weighted by atomic mass is 9.97. The first-order valence-electron chi connectivity index (χ1n) is 10.5. The van der Waals surface area contributed by atoms with Gasteiger partial charge in [-0.1, -0.05) is 24.3 Å². The summed E-state index contributed by atoms with van der Waals surface area (Å²) in [5.41, 5.74) is 0.445. The standard InChI is InChI=1S/C22H22F3N5O3S/c23-22(24,25)18-5-3-6-19(12-18)34(32,33)30-10-8-16(9-11-30)21(31)28-20-7-2-1-4-17(20)13-29-15-26-14-27-29/h1-7,12,14-16H,8-11,13H2,(H,28,31). The van der Waals surface area contributed by atoms with Gasteiger partial charge in [0, 0.05) is 24.7 Å². The van der Waals surface area contributed by atoms with Crippen LogP contribution in [0.25, 0.3) is 0 Å². The zero-order valence-electron chi connectivity index (χ0n) is 17.9. The molecular weight excluding hydrogens is 471 g/mol. The van der Waals surface area contributed by atoms with E-state index in [0.717, 1.165) is 28.1 Å². The number of anilines is 1. The molecule has 0 aliphatic carbocycles. The van der Waals surface area contributed by atoms with Crippen molar-refractivity contribution < 1.29 is 26.4 Å². The second-order valence-electron chi connectivity index (χ2n) is 7.94. The SMILES string of the molecule is O=C(Nc1ccccc1Cn1cncn1)C1CCN(S(=O)(=O)c2cccc(C(F)(F)F)c2)CC1. The molecule has 34 heavy (non-hydrogen) atoms. The number of halogens is 3. The summed E-state index contributed by atoms with van der Waals surface area (Å²) in [6.45, 7) is 0.499. The van der Waals surface area contributed by atoms with Crippen LogP contribution in [0.15, 0.2) is 66.1 Å². The van der Waals surface area contributed by atoms with Crippen LogP contribution in [0.4, 0.5) is 18.9 Å². The number of sulfonamides is 1. The van der Waals surface area contributed by atoms with Gasteiger partial charge in [0.25, 0.3) is 0 Å². The summed E-state index contributed by atoms with van der Waals surface area (Å²) in [6, 6.07) is 11.0. The van der Waals surface area contributed by atoms with Gasteiger partial charge in [0.1, 0.15) is 12.7 Å². The van der Waals surface area contributed by atoms with Crippen molar-refractivity contribution >= 4 is 21.6 Å². The highest BCUT2D eigenvalue weighted by Gasteiger charge is 2.35. The number of alkyl halides is 3. The Morgan fingerprint density at radius 3 is 2.50 bits per heavy atom. The van der Waals surface area contributed by atoms with E-state index in [4.69, 9.17) is 0 Å². The molecule has 1 aromatic heterocycles. The van der Waals surface area contributed by atoms with Gasteiger partial charge < -0.3 is 5.32 Å². The first-order chi connectivity index (χ1) is 16.1. The number of benzene rings is 2. The molecule has 180 valence electrons. The molecule has 12 heteroatoms. The zero-order chi connectivity index (χ0) is 24.3. The summed E-state index contributed by atoms with van der Waals surface area (Å²) in [7, 11) is -4.10. The monoisotopic (exact) mass is 493 g/mol. The first kappa shape index (κ1) is 23.9. The number of nitrogens with one attached hydrogen (secondary N) is 1. The zero-order valence-corrected chi connectivity index (χ0v) is 18.8. The van der Waals surface area contributed by atoms with Gasteiger partial charge in [0.05, 0.1) is 17.0 Å². The van der Waals surface area contributed by atoms with Crippen molar-refractivity contribution in [1.29, 1.82) is 0 Å². The molecule has 1 aliphatic heterocycles. The van der Waals surface area contributed by atoms with Gasteiger partial charge in [-0.15, -0.1) is 0 Å². The Labute approximate surface area is 194 Å². The molecule has 0 radical (unpaired) electrons. The molecule has 2 aromatic carbocycles. The number of rotatable bonds is 6. The highest BCUT2D eigenvalue weighted by atomic mass is 32.2. The summed E-state index contributed by atoms with van der Waals surface area (Å²) in [6.07, 6.45) is -1.13. The fraction of sp³-hybridized carbons (Fsp3) is 0.318. The molecule has 0 bridgehead atoms. The van der Waals surface area contributed by atoms with Gasteiger partial charge >= 0.3 is 6.18 Å². The van der Waals surface area contributed by atoms with Gasteiger partial charge in [-0.2, -0.15) is 22.6 Å². The van der Waals surface area contributed by atoms with Crippen molar-refractivity contribution in [2.75, 3.05) is 18.4 Å². The average molecular weight is 494 g/mol. The molecule has 8 nitrogen and oxygen atoms in total. The van der Waals surface area contributed by atoms with Crippen LogP contribution < -0.4 is 5.32 Å².